The molecule has 2 aromatic rings. The molecule has 0 radical (unpaired) electrons. The van der Waals surface area contributed by atoms with Crippen molar-refractivity contribution >= 4 is 22.1 Å². The summed E-state index contributed by atoms with van der Waals surface area (Å²) in [5.41, 5.74) is -0.457. The molecule has 1 saturated heterocycles. The van der Waals surface area contributed by atoms with Crippen LogP contribution in [0.5, 0.6) is 5.75 Å². The van der Waals surface area contributed by atoms with Gasteiger partial charge in [-0.1, -0.05) is 39.0 Å². The van der Waals surface area contributed by atoms with Crippen LogP contribution in [-0.4, -0.2) is 28.6 Å². The van der Waals surface area contributed by atoms with Gasteiger partial charge in [-0.2, -0.15) is 13.2 Å². The lowest BCUT2D eigenvalue weighted by Gasteiger charge is -2.43. The Kier molecular flexibility index (Phi) is 7.41. The molecule has 0 aromatic heterocycles. The molecular formula is C28H38F3NO3S. The van der Waals surface area contributed by atoms with Crippen molar-refractivity contribution in [1.82, 2.24) is 4.72 Å². The third kappa shape index (κ3) is 5.66. The summed E-state index contributed by atoms with van der Waals surface area (Å²) >= 11 is -1.35. The molecule has 2 aromatic carbocycles. The van der Waals surface area contributed by atoms with E-state index in [9.17, 15) is 17.7 Å². The Labute approximate surface area is 215 Å². The lowest BCUT2D eigenvalue weighted by Crippen LogP contribution is -2.61. The summed E-state index contributed by atoms with van der Waals surface area (Å²) in [4.78, 5) is 0. The molecule has 1 heterocycles. The normalized spacial score (nSPS) is 23.8. The second kappa shape index (κ2) is 9.68. The highest BCUT2D eigenvalue weighted by molar-refractivity contribution is 7.90. The molecule has 200 valence electrons. The number of hydrogen-bond donors (Lipinski definition) is 1. The molecule has 8 heteroatoms. The predicted octanol–water partition coefficient (Wildman–Crippen LogP) is 7.12. The molecule has 1 aliphatic heterocycles. The van der Waals surface area contributed by atoms with Gasteiger partial charge in [0.2, 0.25) is 0 Å². The minimum absolute atomic E-state index is 0.101. The van der Waals surface area contributed by atoms with Gasteiger partial charge in [0.15, 0.2) is 0 Å². The lowest BCUT2D eigenvalue weighted by molar-refractivity contribution is -0.138. The van der Waals surface area contributed by atoms with Gasteiger partial charge in [-0.25, -0.2) is 0 Å². The maximum Gasteiger partial charge on any atom is 0.420 e. The topological polar surface area (TPSA) is 53.5 Å². The lowest BCUT2D eigenvalue weighted by atomic mass is 9.72. The second-order valence-electron chi connectivity index (χ2n) is 12.4. The van der Waals surface area contributed by atoms with Crippen LogP contribution in [0.1, 0.15) is 78.4 Å². The van der Waals surface area contributed by atoms with E-state index < -0.39 is 33.4 Å². The Morgan fingerprint density at radius 2 is 1.61 bits per heavy atom. The van der Waals surface area contributed by atoms with Gasteiger partial charge in [0.05, 0.1) is 19.3 Å². The minimum atomic E-state index is -4.55. The summed E-state index contributed by atoms with van der Waals surface area (Å²) in [5, 5.41) is 0.581. The van der Waals surface area contributed by atoms with Gasteiger partial charge in [0.1, 0.15) is 21.6 Å². The zero-order valence-corrected chi connectivity index (χ0v) is 22.9. The van der Waals surface area contributed by atoms with Crippen LogP contribution in [0.3, 0.4) is 0 Å². The number of halogens is 3. The Morgan fingerprint density at radius 3 is 2.11 bits per heavy atom. The highest BCUT2D eigenvalue weighted by Crippen LogP contribution is 2.45. The number of fused-ring (bicyclic) bond motifs is 1. The van der Waals surface area contributed by atoms with Crippen molar-refractivity contribution in [2.45, 2.75) is 89.8 Å². The highest BCUT2D eigenvalue weighted by Gasteiger charge is 2.47. The molecule has 2 aliphatic rings. The zero-order chi connectivity index (χ0) is 26.5. The van der Waals surface area contributed by atoms with E-state index in [-0.39, 0.29) is 22.7 Å². The van der Waals surface area contributed by atoms with Crippen LogP contribution in [-0.2, 0) is 27.8 Å². The molecule has 36 heavy (non-hydrogen) atoms. The minimum Gasteiger partial charge on any atom is -0.598 e. The summed E-state index contributed by atoms with van der Waals surface area (Å²) < 4.78 is 69.9. The Balaban J connectivity index is 1.63. The standard InChI is InChI=1S/C28H38F3NO3S/c1-25(2,3)19-8-11-21(12-9-19)35-23-14-7-18-15-20(10-13-22(18)24(23)28(29,30)31)27(16-34-17-27)32-36(33)26(4,5)6/h7,10,13-15,19,21,32H,8-9,11-12,16-17H2,1-6H3/t19-,21-,36?. The quantitative estimate of drug-likeness (QED) is 0.422. The largest absolute Gasteiger partial charge is 0.598 e. The van der Waals surface area contributed by atoms with E-state index in [1.54, 1.807) is 18.2 Å². The summed E-state index contributed by atoms with van der Waals surface area (Å²) in [7, 11) is 0. The maximum absolute atomic E-state index is 14.3. The molecule has 1 atom stereocenters. The van der Waals surface area contributed by atoms with E-state index in [2.05, 4.69) is 25.5 Å². The predicted molar refractivity (Wildman–Crippen MR) is 138 cm³/mol. The number of benzene rings is 2. The van der Waals surface area contributed by atoms with Crippen molar-refractivity contribution in [2.75, 3.05) is 13.2 Å². The molecule has 1 saturated carbocycles. The second-order valence-corrected chi connectivity index (χ2v) is 14.4. The summed E-state index contributed by atoms with van der Waals surface area (Å²) in [6.45, 7) is 12.9. The molecular weight excluding hydrogens is 487 g/mol. The monoisotopic (exact) mass is 525 g/mol. The van der Waals surface area contributed by atoms with E-state index in [0.717, 1.165) is 31.2 Å². The van der Waals surface area contributed by atoms with Crippen molar-refractivity contribution in [3.05, 3.63) is 41.5 Å². The smallest absolute Gasteiger partial charge is 0.420 e. The van der Waals surface area contributed by atoms with Gasteiger partial charge in [-0.05, 0) is 86.3 Å². The van der Waals surface area contributed by atoms with Crippen LogP contribution in [0.2, 0.25) is 0 Å². The Morgan fingerprint density at radius 1 is 0.972 bits per heavy atom. The summed E-state index contributed by atoms with van der Waals surface area (Å²) in [6.07, 6.45) is -1.33. The van der Waals surface area contributed by atoms with Crippen LogP contribution in [0.25, 0.3) is 10.8 Å². The fourth-order valence-corrected chi connectivity index (χ4v) is 6.04. The fraction of sp³-hybridized carbons (Fsp3) is 0.643. The zero-order valence-electron chi connectivity index (χ0n) is 22.1. The molecule has 4 rings (SSSR count). The Hall–Kier alpha value is -1.48. The SMILES string of the molecule is CC(C)(C)[S+]([O-])NC1(c2ccc3c(C(F)(F)F)c(O[C@H]4CC[C@H](C(C)(C)C)CC4)ccc3c2)COC1. The highest BCUT2D eigenvalue weighted by atomic mass is 32.2. The summed E-state index contributed by atoms with van der Waals surface area (Å²) in [6, 6.07) is 8.09. The van der Waals surface area contributed by atoms with E-state index in [4.69, 9.17) is 9.47 Å². The average molecular weight is 526 g/mol. The van der Waals surface area contributed by atoms with Crippen LogP contribution in [0.15, 0.2) is 30.3 Å². The van der Waals surface area contributed by atoms with Crippen LogP contribution < -0.4 is 9.46 Å². The maximum atomic E-state index is 14.3. The van der Waals surface area contributed by atoms with Gasteiger partial charge in [0, 0.05) is 11.4 Å². The van der Waals surface area contributed by atoms with Crippen molar-refractivity contribution < 1.29 is 27.2 Å². The number of nitrogens with one attached hydrogen (secondary N) is 1. The average Bonchev–Trinajstić information content (AvgIpc) is 2.73. The third-order valence-corrected chi connectivity index (χ3v) is 9.24. The van der Waals surface area contributed by atoms with Gasteiger partial charge < -0.3 is 14.0 Å². The van der Waals surface area contributed by atoms with Gasteiger partial charge >= 0.3 is 6.18 Å². The van der Waals surface area contributed by atoms with Crippen molar-refractivity contribution in [3.8, 4) is 5.75 Å². The fourth-order valence-electron chi connectivity index (χ4n) is 5.15. The number of alkyl halides is 3. The molecule has 0 spiro atoms. The molecule has 1 N–H and O–H groups in total. The first-order chi connectivity index (χ1) is 16.6. The molecule has 1 unspecified atom stereocenters. The van der Waals surface area contributed by atoms with Gasteiger partial charge in [-0.15, -0.1) is 4.72 Å². The molecule has 1 aliphatic carbocycles. The summed E-state index contributed by atoms with van der Waals surface area (Å²) in [5.74, 6) is 0.453. The van der Waals surface area contributed by atoms with E-state index in [1.807, 2.05) is 20.8 Å². The molecule has 4 nitrogen and oxygen atoms in total. The molecule has 0 bridgehead atoms. The van der Waals surface area contributed by atoms with E-state index >= 15 is 0 Å². The van der Waals surface area contributed by atoms with E-state index in [0.29, 0.717) is 24.5 Å². The van der Waals surface area contributed by atoms with Crippen molar-refractivity contribution in [3.63, 3.8) is 0 Å². The first-order valence-electron chi connectivity index (χ1n) is 12.7. The van der Waals surface area contributed by atoms with Gasteiger partial charge in [-0.3, -0.25) is 0 Å². The first-order valence-corrected chi connectivity index (χ1v) is 13.8. The van der Waals surface area contributed by atoms with Gasteiger partial charge in [0.25, 0.3) is 0 Å². The number of ether oxygens (including phenoxy) is 2. The first kappa shape index (κ1) is 27.6. The van der Waals surface area contributed by atoms with Crippen molar-refractivity contribution in [1.29, 1.82) is 0 Å². The third-order valence-electron chi connectivity index (χ3n) is 7.55. The number of rotatable bonds is 5. The number of hydrogen-bond acceptors (Lipinski definition) is 4. The van der Waals surface area contributed by atoms with Crippen molar-refractivity contribution in [2.24, 2.45) is 11.3 Å². The van der Waals surface area contributed by atoms with Crippen LogP contribution >= 0.6 is 0 Å². The van der Waals surface area contributed by atoms with Crippen LogP contribution in [0, 0.1) is 11.3 Å². The molecule has 0 amide bonds. The Bertz CT molecular complexity index is 1080. The molecule has 2 fully saturated rings. The van der Waals surface area contributed by atoms with E-state index in [1.165, 1.54) is 12.1 Å². The van der Waals surface area contributed by atoms with Crippen LogP contribution in [0.4, 0.5) is 13.2 Å².